The number of rotatable bonds is 7. The molecular weight excluding hydrogens is 446 g/mol. The summed E-state index contributed by atoms with van der Waals surface area (Å²) in [5.74, 6) is 3.42. The SMILES string of the molecule is O=C1c2ccccc2C(=O)N1CCCCCc1nn2c(C34CC5CC(CC(C5)C3)C4)nnc2s1. The van der Waals surface area contributed by atoms with Crippen LogP contribution in [0.5, 0.6) is 0 Å². The fourth-order valence-electron chi connectivity index (χ4n) is 7.64. The zero-order chi connectivity index (χ0) is 22.9. The quantitative estimate of drug-likeness (QED) is 0.367. The lowest BCUT2D eigenvalue weighted by molar-refractivity contribution is -0.0103. The maximum atomic E-state index is 12.5. The molecule has 8 heteroatoms. The van der Waals surface area contributed by atoms with Crippen LogP contribution in [0.25, 0.3) is 4.96 Å². The van der Waals surface area contributed by atoms with E-state index in [0.717, 1.165) is 59.2 Å². The molecule has 1 aromatic carbocycles. The predicted octanol–water partition coefficient (Wildman–Crippen LogP) is 4.66. The van der Waals surface area contributed by atoms with Gasteiger partial charge in [0.1, 0.15) is 5.01 Å². The van der Waals surface area contributed by atoms with E-state index in [-0.39, 0.29) is 17.2 Å². The highest BCUT2D eigenvalue weighted by atomic mass is 32.1. The van der Waals surface area contributed by atoms with Gasteiger partial charge >= 0.3 is 0 Å². The molecule has 34 heavy (non-hydrogen) atoms. The summed E-state index contributed by atoms with van der Waals surface area (Å²) in [5, 5.41) is 15.2. The van der Waals surface area contributed by atoms with Gasteiger partial charge in [0.25, 0.3) is 11.8 Å². The molecule has 0 N–H and O–H groups in total. The monoisotopic (exact) mass is 475 g/mol. The molecule has 2 amide bonds. The van der Waals surface area contributed by atoms with Crippen molar-refractivity contribution in [3.63, 3.8) is 0 Å². The van der Waals surface area contributed by atoms with E-state index in [2.05, 4.69) is 14.7 Å². The highest BCUT2D eigenvalue weighted by molar-refractivity contribution is 7.16. The molecule has 7 nitrogen and oxygen atoms in total. The lowest BCUT2D eigenvalue weighted by Crippen LogP contribution is -2.49. The molecule has 4 saturated carbocycles. The molecule has 4 aliphatic carbocycles. The lowest BCUT2D eigenvalue weighted by Gasteiger charge is -2.55. The van der Waals surface area contributed by atoms with Crippen molar-refractivity contribution in [2.45, 2.75) is 69.6 Å². The van der Waals surface area contributed by atoms with Gasteiger partial charge in [-0.1, -0.05) is 29.9 Å². The number of benzene rings is 1. The first-order chi connectivity index (χ1) is 16.6. The zero-order valence-electron chi connectivity index (χ0n) is 19.3. The number of carbonyl (C=O) groups excluding carboxylic acids is 2. The molecule has 4 fully saturated rings. The first-order valence-electron chi connectivity index (χ1n) is 12.8. The van der Waals surface area contributed by atoms with Crippen molar-refractivity contribution >= 4 is 28.1 Å². The molecule has 0 radical (unpaired) electrons. The summed E-state index contributed by atoms with van der Waals surface area (Å²) in [4.78, 5) is 27.3. The van der Waals surface area contributed by atoms with E-state index in [1.54, 1.807) is 23.5 Å². The Bertz CT molecular complexity index is 1220. The van der Waals surface area contributed by atoms with Gasteiger partial charge < -0.3 is 0 Å². The summed E-state index contributed by atoms with van der Waals surface area (Å²) in [6, 6.07) is 7.09. The highest BCUT2D eigenvalue weighted by Gasteiger charge is 2.54. The van der Waals surface area contributed by atoms with Crippen LogP contribution in [0.1, 0.15) is 89.3 Å². The fraction of sp³-hybridized carbons (Fsp3) is 0.577. The Balaban J connectivity index is 0.976. The topological polar surface area (TPSA) is 80.5 Å². The predicted molar refractivity (Wildman–Crippen MR) is 128 cm³/mol. The molecule has 1 aliphatic heterocycles. The molecule has 3 aromatic rings. The maximum Gasteiger partial charge on any atom is 0.261 e. The van der Waals surface area contributed by atoms with Crippen LogP contribution in [0.3, 0.4) is 0 Å². The minimum absolute atomic E-state index is 0.161. The standard InChI is InChI=1S/C26H29N5O2S/c32-22-19-6-3-4-7-20(19)23(33)30(22)9-5-1-2-8-21-29-31-24(27-28-25(31)34-21)26-13-16-10-17(14-26)12-18(11-16)15-26/h3-4,6-7,16-18H,1-2,5,8-15H2. The second-order valence-electron chi connectivity index (χ2n) is 11.0. The van der Waals surface area contributed by atoms with Crippen molar-refractivity contribution in [2.75, 3.05) is 6.54 Å². The Labute approximate surface area is 202 Å². The average Bonchev–Trinajstić information content (AvgIpc) is 3.46. The Morgan fingerprint density at radius 3 is 2.18 bits per heavy atom. The number of amides is 2. The van der Waals surface area contributed by atoms with Crippen molar-refractivity contribution in [1.29, 1.82) is 0 Å². The molecular formula is C26H29N5O2S. The van der Waals surface area contributed by atoms with Crippen LogP contribution in [0, 0.1) is 17.8 Å². The molecule has 4 bridgehead atoms. The zero-order valence-corrected chi connectivity index (χ0v) is 20.1. The van der Waals surface area contributed by atoms with E-state index in [4.69, 9.17) is 5.10 Å². The summed E-state index contributed by atoms with van der Waals surface area (Å²) < 4.78 is 2.06. The average molecular weight is 476 g/mol. The maximum absolute atomic E-state index is 12.5. The van der Waals surface area contributed by atoms with E-state index in [1.165, 1.54) is 43.4 Å². The van der Waals surface area contributed by atoms with Gasteiger partial charge in [0.05, 0.1) is 11.1 Å². The Hall–Kier alpha value is -2.61. The van der Waals surface area contributed by atoms with Gasteiger partial charge in [0.2, 0.25) is 4.96 Å². The third-order valence-corrected chi connectivity index (χ3v) is 9.65. The van der Waals surface area contributed by atoms with E-state index in [1.807, 2.05) is 12.1 Å². The highest BCUT2D eigenvalue weighted by Crippen LogP contribution is 2.60. The summed E-state index contributed by atoms with van der Waals surface area (Å²) in [7, 11) is 0. The summed E-state index contributed by atoms with van der Waals surface area (Å²) in [6.45, 7) is 0.480. The summed E-state index contributed by atoms with van der Waals surface area (Å²) in [5.41, 5.74) is 1.26. The normalized spacial score (nSPS) is 29.5. The number of nitrogens with zero attached hydrogens (tertiary/aromatic N) is 5. The Morgan fingerprint density at radius 2 is 1.53 bits per heavy atom. The Kier molecular flexibility index (Phi) is 4.70. The largest absolute Gasteiger partial charge is 0.274 e. The lowest BCUT2D eigenvalue weighted by atomic mass is 9.49. The third-order valence-electron chi connectivity index (χ3n) is 8.70. The van der Waals surface area contributed by atoms with Crippen LogP contribution in [0.15, 0.2) is 24.3 Å². The third kappa shape index (κ3) is 3.17. The van der Waals surface area contributed by atoms with Crippen molar-refractivity contribution < 1.29 is 9.59 Å². The summed E-state index contributed by atoms with van der Waals surface area (Å²) >= 11 is 1.66. The second-order valence-corrected chi connectivity index (χ2v) is 12.1. The van der Waals surface area contributed by atoms with Crippen molar-refractivity contribution in [2.24, 2.45) is 17.8 Å². The molecule has 8 rings (SSSR count). The van der Waals surface area contributed by atoms with Gasteiger partial charge in [-0.15, -0.1) is 10.2 Å². The number of hydrogen-bond donors (Lipinski definition) is 0. The number of unbranched alkanes of at least 4 members (excludes halogenated alkanes) is 2. The number of carbonyl (C=O) groups is 2. The van der Waals surface area contributed by atoms with Crippen LogP contribution in [-0.4, -0.2) is 43.1 Å². The number of hydrogen-bond acceptors (Lipinski definition) is 6. The van der Waals surface area contributed by atoms with Crippen LogP contribution in [0.2, 0.25) is 0 Å². The van der Waals surface area contributed by atoms with E-state index < -0.39 is 0 Å². The minimum atomic E-state index is -0.161. The summed E-state index contributed by atoms with van der Waals surface area (Å²) in [6.07, 6.45) is 11.7. The van der Waals surface area contributed by atoms with Crippen LogP contribution in [0.4, 0.5) is 0 Å². The second kappa shape index (κ2) is 7.70. The van der Waals surface area contributed by atoms with Gasteiger partial charge in [-0.05, 0) is 81.3 Å². The smallest absolute Gasteiger partial charge is 0.261 e. The number of aryl methyl sites for hydroxylation is 1. The van der Waals surface area contributed by atoms with Crippen LogP contribution >= 0.6 is 11.3 Å². The molecule has 0 saturated heterocycles. The van der Waals surface area contributed by atoms with Gasteiger partial charge in [0.15, 0.2) is 5.82 Å². The molecule has 3 heterocycles. The number of aromatic nitrogens is 4. The molecule has 0 atom stereocenters. The minimum Gasteiger partial charge on any atom is -0.274 e. The first-order valence-corrected chi connectivity index (χ1v) is 13.6. The molecule has 5 aliphatic rings. The molecule has 2 aromatic heterocycles. The van der Waals surface area contributed by atoms with Crippen molar-refractivity contribution in [3.05, 3.63) is 46.2 Å². The fourth-order valence-corrected chi connectivity index (χ4v) is 8.51. The van der Waals surface area contributed by atoms with Gasteiger partial charge in [-0.25, -0.2) is 0 Å². The molecule has 0 unspecified atom stereocenters. The Morgan fingerprint density at radius 1 is 0.882 bits per heavy atom. The van der Waals surface area contributed by atoms with Crippen LogP contribution < -0.4 is 0 Å². The van der Waals surface area contributed by atoms with E-state index in [9.17, 15) is 9.59 Å². The number of imide groups is 1. The molecule has 176 valence electrons. The van der Waals surface area contributed by atoms with E-state index >= 15 is 0 Å². The molecule has 0 spiro atoms. The number of fused-ring (bicyclic) bond motifs is 2. The van der Waals surface area contributed by atoms with Crippen molar-refractivity contribution in [1.82, 2.24) is 24.7 Å². The van der Waals surface area contributed by atoms with E-state index in [0.29, 0.717) is 17.7 Å². The van der Waals surface area contributed by atoms with Crippen LogP contribution in [-0.2, 0) is 11.8 Å². The van der Waals surface area contributed by atoms with Gasteiger partial charge in [-0.2, -0.15) is 9.61 Å². The van der Waals surface area contributed by atoms with Gasteiger partial charge in [-0.3, -0.25) is 14.5 Å². The van der Waals surface area contributed by atoms with Gasteiger partial charge in [0, 0.05) is 18.4 Å². The first kappa shape index (κ1) is 20.7. The van der Waals surface area contributed by atoms with Crippen molar-refractivity contribution in [3.8, 4) is 0 Å².